The number of aromatic nitrogens is 7. The number of nitrogens with zero attached hydrogens (tertiary/aromatic N) is 7. The summed E-state index contributed by atoms with van der Waals surface area (Å²) < 4.78 is 32.0. The van der Waals surface area contributed by atoms with E-state index in [1.54, 1.807) is 23.1 Å². The molecule has 0 aliphatic rings. The Balaban J connectivity index is 1.54. The van der Waals surface area contributed by atoms with Crippen LogP contribution in [0.25, 0.3) is 17.1 Å². The normalized spacial score (nSPS) is 11.8. The average Bonchev–Trinajstić information content (AvgIpc) is 3.40. The fourth-order valence-electron chi connectivity index (χ4n) is 2.75. The van der Waals surface area contributed by atoms with E-state index in [2.05, 4.69) is 25.7 Å². The second kappa shape index (κ2) is 7.44. The molecule has 150 valence electrons. The lowest BCUT2D eigenvalue weighted by Crippen LogP contribution is -2.04. The first-order chi connectivity index (χ1) is 13.8. The van der Waals surface area contributed by atoms with Gasteiger partial charge in [0.2, 0.25) is 0 Å². The number of furan rings is 1. The summed E-state index contributed by atoms with van der Waals surface area (Å²) in [5.74, 6) is 2.55. The van der Waals surface area contributed by atoms with Gasteiger partial charge in [-0.3, -0.25) is 0 Å². The summed E-state index contributed by atoms with van der Waals surface area (Å²) in [7, 11) is -1.37. The second-order valence-electron chi connectivity index (χ2n) is 6.32. The smallest absolute Gasteiger partial charge is 0.191 e. The van der Waals surface area contributed by atoms with Gasteiger partial charge in [-0.15, -0.1) is 15.3 Å². The fourth-order valence-corrected chi connectivity index (χ4v) is 4.20. The van der Waals surface area contributed by atoms with Crippen molar-refractivity contribution in [2.45, 2.75) is 22.7 Å². The highest BCUT2D eigenvalue weighted by atomic mass is 32.2. The molecule has 0 aliphatic heterocycles. The number of tetrazole rings is 1. The van der Waals surface area contributed by atoms with Crippen LogP contribution in [0.5, 0.6) is 0 Å². The van der Waals surface area contributed by atoms with E-state index in [0.717, 1.165) is 17.1 Å². The Morgan fingerprint density at radius 3 is 2.52 bits per heavy atom. The van der Waals surface area contributed by atoms with Gasteiger partial charge in [0.15, 0.2) is 26.6 Å². The number of benzene rings is 1. The quantitative estimate of drug-likeness (QED) is 0.422. The Morgan fingerprint density at radius 2 is 1.86 bits per heavy atom. The second-order valence-corrected chi connectivity index (χ2v) is 9.28. The zero-order valence-corrected chi connectivity index (χ0v) is 17.5. The highest BCUT2D eigenvalue weighted by molar-refractivity contribution is 7.98. The molecule has 1 aromatic carbocycles. The van der Waals surface area contributed by atoms with Gasteiger partial charge in [-0.2, -0.15) is 4.68 Å². The Kier molecular flexibility index (Phi) is 4.96. The van der Waals surface area contributed by atoms with Gasteiger partial charge in [0.25, 0.3) is 0 Å². The molecule has 29 heavy (non-hydrogen) atoms. The van der Waals surface area contributed by atoms with Crippen molar-refractivity contribution >= 4 is 21.6 Å². The lowest BCUT2D eigenvalue weighted by atomic mass is 10.2. The number of sulfone groups is 1. The van der Waals surface area contributed by atoms with E-state index < -0.39 is 9.84 Å². The van der Waals surface area contributed by atoms with Crippen molar-refractivity contribution in [3.8, 4) is 17.1 Å². The molecule has 0 unspecified atom stereocenters. The van der Waals surface area contributed by atoms with E-state index in [4.69, 9.17) is 4.42 Å². The standard InChI is InChI=1S/C17H17N7O3S2/c1-11-14(8-9-27-11)16-19-20-17(23(16)2)28-10-15-18-21-22-24(15)12-4-6-13(7-5-12)29(3,25)26/h4-9H,10H2,1-3H3. The molecule has 3 aromatic heterocycles. The summed E-state index contributed by atoms with van der Waals surface area (Å²) in [4.78, 5) is 0.242. The fraction of sp³-hybridized carbons (Fsp3) is 0.235. The maximum Gasteiger partial charge on any atom is 0.191 e. The van der Waals surface area contributed by atoms with Gasteiger partial charge in [-0.25, -0.2) is 8.42 Å². The third-order valence-electron chi connectivity index (χ3n) is 4.31. The maximum atomic E-state index is 11.6. The molecule has 0 N–H and O–H groups in total. The predicted octanol–water partition coefficient (Wildman–Crippen LogP) is 2.06. The highest BCUT2D eigenvalue weighted by Crippen LogP contribution is 2.27. The minimum atomic E-state index is -3.26. The predicted molar refractivity (Wildman–Crippen MR) is 105 cm³/mol. The van der Waals surface area contributed by atoms with E-state index in [-0.39, 0.29) is 4.90 Å². The first-order valence-electron chi connectivity index (χ1n) is 8.49. The van der Waals surface area contributed by atoms with Crippen molar-refractivity contribution in [1.29, 1.82) is 0 Å². The third kappa shape index (κ3) is 3.80. The van der Waals surface area contributed by atoms with Crippen LogP contribution in [0.15, 0.2) is 51.1 Å². The lowest BCUT2D eigenvalue weighted by Gasteiger charge is -2.06. The van der Waals surface area contributed by atoms with E-state index >= 15 is 0 Å². The van der Waals surface area contributed by atoms with Crippen LogP contribution < -0.4 is 0 Å². The first-order valence-corrected chi connectivity index (χ1v) is 11.4. The molecule has 0 spiro atoms. The van der Waals surface area contributed by atoms with Crippen molar-refractivity contribution in [3.63, 3.8) is 0 Å². The number of hydrogen-bond donors (Lipinski definition) is 0. The van der Waals surface area contributed by atoms with Crippen LogP contribution in [0.2, 0.25) is 0 Å². The molecular formula is C17H17N7O3S2. The van der Waals surface area contributed by atoms with Crippen molar-refractivity contribution in [2.24, 2.45) is 7.05 Å². The number of thioether (sulfide) groups is 1. The SMILES string of the molecule is Cc1occc1-c1nnc(SCc2nnnn2-c2ccc(S(C)(=O)=O)cc2)n1C. The van der Waals surface area contributed by atoms with Gasteiger partial charge in [0.1, 0.15) is 5.76 Å². The van der Waals surface area contributed by atoms with Crippen LogP contribution in [-0.2, 0) is 22.6 Å². The van der Waals surface area contributed by atoms with Crippen molar-refractivity contribution < 1.29 is 12.8 Å². The molecule has 0 aliphatic carbocycles. The zero-order valence-electron chi connectivity index (χ0n) is 15.8. The van der Waals surface area contributed by atoms with Gasteiger partial charge in [-0.05, 0) is 47.7 Å². The van der Waals surface area contributed by atoms with Gasteiger partial charge < -0.3 is 8.98 Å². The van der Waals surface area contributed by atoms with Crippen LogP contribution >= 0.6 is 11.8 Å². The first kappa shape index (κ1) is 19.3. The van der Waals surface area contributed by atoms with Crippen molar-refractivity contribution in [3.05, 3.63) is 48.2 Å². The molecule has 10 nitrogen and oxygen atoms in total. The van der Waals surface area contributed by atoms with Crippen LogP contribution in [0, 0.1) is 6.92 Å². The van der Waals surface area contributed by atoms with E-state index in [9.17, 15) is 8.42 Å². The molecular weight excluding hydrogens is 414 g/mol. The molecule has 12 heteroatoms. The molecule has 3 heterocycles. The molecule has 4 aromatic rings. The van der Waals surface area contributed by atoms with Crippen LogP contribution in [0.1, 0.15) is 11.6 Å². The molecule has 0 saturated carbocycles. The number of hydrogen-bond acceptors (Lipinski definition) is 9. The van der Waals surface area contributed by atoms with Crippen LogP contribution in [-0.4, -0.2) is 49.6 Å². The Bertz CT molecular complexity index is 1260. The zero-order chi connectivity index (χ0) is 20.6. The van der Waals surface area contributed by atoms with Gasteiger partial charge in [0, 0.05) is 13.3 Å². The third-order valence-corrected chi connectivity index (χ3v) is 6.45. The van der Waals surface area contributed by atoms with E-state index in [1.807, 2.05) is 24.6 Å². The van der Waals surface area contributed by atoms with Crippen molar-refractivity contribution in [1.82, 2.24) is 35.0 Å². The Morgan fingerprint density at radius 1 is 1.10 bits per heavy atom. The summed E-state index contributed by atoms with van der Waals surface area (Å²) in [6.45, 7) is 1.88. The van der Waals surface area contributed by atoms with Gasteiger partial charge in [0.05, 0.1) is 28.2 Å². The molecule has 0 bridgehead atoms. The Hall–Kier alpha value is -2.99. The van der Waals surface area contributed by atoms with Gasteiger partial charge in [-0.1, -0.05) is 11.8 Å². The van der Waals surface area contributed by atoms with E-state index in [1.165, 1.54) is 30.2 Å². The largest absolute Gasteiger partial charge is 0.469 e. The van der Waals surface area contributed by atoms with E-state index in [0.29, 0.717) is 22.4 Å². The molecule has 0 radical (unpaired) electrons. The van der Waals surface area contributed by atoms with Crippen molar-refractivity contribution in [2.75, 3.05) is 6.26 Å². The Labute approximate surface area is 170 Å². The molecule has 0 fully saturated rings. The minimum Gasteiger partial charge on any atom is -0.469 e. The number of rotatable bonds is 6. The summed E-state index contributed by atoms with van der Waals surface area (Å²) >= 11 is 1.44. The minimum absolute atomic E-state index is 0.242. The molecule has 0 saturated heterocycles. The topological polar surface area (TPSA) is 122 Å². The van der Waals surface area contributed by atoms with Gasteiger partial charge >= 0.3 is 0 Å². The monoisotopic (exact) mass is 431 g/mol. The average molecular weight is 432 g/mol. The summed E-state index contributed by atoms with van der Waals surface area (Å²) in [5.41, 5.74) is 1.56. The van der Waals surface area contributed by atoms with Crippen LogP contribution in [0.4, 0.5) is 0 Å². The molecule has 0 atom stereocenters. The number of aryl methyl sites for hydroxylation is 1. The molecule has 0 amide bonds. The lowest BCUT2D eigenvalue weighted by molar-refractivity contribution is 0.534. The summed E-state index contributed by atoms with van der Waals surface area (Å²) in [6, 6.07) is 8.26. The summed E-state index contributed by atoms with van der Waals surface area (Å²) in [5, 5.41) is 21.0. The van der Waals surface area contributed by atoms with Crippen LogP contribution in [0.3, 0.4) is 0 Å². The highest BCUT2D eigenvalue weighted by Gasteiger charge is 2.17. The summed E-state index contributed by atoms with van der Waals surface area (Å²) in [6.07, 6.45) is 2.79. The molecule has 4 rings (SSSR count). The maximum absolute atomic E-state index is 11.6.